The van der Waals surface area contributed by atoms with Gasteiger partial charge in [0.1, 0.15) is 0 Å². The van der Waals surface area contributed by atoms with Crippen LogP contribution in [0.5, 0.6) is 0 Å². The molecule has 2 N–H and O–H groups in total. The summed E-state index contributed by atoms with van der Waals surface area (Å²) in [5.74, 6) is 0.358. The molecule has 1 saturated heterocycles. The lowest BCUT2D eigenvalue weighted by molar-refractivity contribution is 0.0317. The number of morpholine rings is 1. The molecule has 0 radical (unpaired) electrons. The van der Waals surface area contributed by atoms with Gasteiger partial charge in [-0.3, -0.25) is 14.8 Å². The van der Waals surface area contributed by atoms with Gasteiger partial charge in [0.25, 0.3) is 5.91 Å². The Morgan fingerprint density at radius 2 is 2.39 bits per heavy atom. The molecular formula is C12H20N4O2. The van der Waals surface area contributed by atoms with E-state index in [1.54, 1.807) is 6.20 Å². The number of hydrogen-bond acceptors (Lipinski definition) is 4. The maximum Gasteiger partial charge on any atom is 0.254 e. The average molecular weight is 252 g/mol. The molecule has 1 aliphatic rings. The Labute approximate surface area is 107 Å². The van der Waals surface area contributed by atoms with Crippen molar-refractivity contribution in [3.05, 3.63) is 18.0 Å². The lowest BCUT2D eigenvalue weighted by Crippen LogP contribution is -2.41. The minimum absolute atomic E-state index is 0.0717. The van der Waals surface area contributed by atoms with E-state index in [4.69, 9.17) is 4.74 Å². The van der Waals surface area contributed by atoms with E-state index >= 15 is 0 Å². The molecule has 1 fully saturated rings. The summed E-state index contributed by atoms with van der Waals surface area (Å²) in [6.07, 6.45) is 3.13. The van der Waals surface area contributed by atoms with E-state index in [0.717, 1.165) is 32.8 Å². The second kappa shape index (κ2) is 6.51. The summed E-state index contributed by atoms with van der Waals surface area (Å²) < 4.78 is 5.31. The minimum atomic E-state index is -0.0717. The number of H-pyrrole nitrogens is 1. The quantitative estimate of drug-likeness (QED) is 0.780. The molecule has 1 aliphatic heterocycles. The molecule has 0 bridgehead atoms. The van der Waals surface area contributed by atoms with Crippen LogP contribution in [0.25, 0.3) is 0 Å². The van der Waals surface area contributed by atoms with Crippen LogP contribution in [0.3, 0.4) is 0 Å². The largest absolute Gasteiger partial charge is 0.379 e. The van der Waals surface area contributed by atoms with E-state index < -0.39 is 0 Å². The Morgan fingerprint density at radius 1 is 1.61 bits per heavy atom. The van der Waals surface area contributed by atoms with Gasteiger partial charge < -0.3 is 10.1 Å². The number of nitrogens with one attached hydrogen (secondary N) is 2. The van der Waals surface area contributed by atoms with E-state index in [2.05, 4.69) is 27.3 Å². The summed E-state index contributed by atoms with van der Waals surface area (Å²) in [4.78, 5) is 14.1. The summed E-state index contributed by atoms with van der Waals surface area (Å²) in [5.41, 5.74) is 0.577. The molecule has 1 aromatic rings. The molecular weight excluding hydrogens is 232 g/mol. The first-order valence-electron chi connectivity index (χ1n) is 6.33. The Hall–Kier alpha value is -1.40. The highest BCUT2D eigenvalue weighted by molar-refractivity contribution is 5.93. The number of aromatic nitrogens is 2. The number of amides is 1. The molecule has 18 heavy (non-hydrogen) atoms. The number of hydrogen-bond donors (Lipinski definition) is 2. The van der Waals surface area contributed by atoms with Gasteiger partial charge in [0, 0.05) is 32.4 Å². The molecule has 1 atom stereocenters. The third-order valence-electron chi connectivity index (χ3n) is 3.05. The summed E-state index contributed by atoms with van der Waals surface area (Å²) in [6.45, 7) is 7.42. The second-order valence-corrected chi connectivity index (χ2v) is 4.72. The first kappa shape index (κ1) is 13.0. The van der Waals surface area contributed by atoms with Crippen molar-refractivity contribution in [2.24, 2.45) is 5.92 Å². The zero-order valence-electron chi connectivity index (χ0n) is 10.7. The minimum Gasteiger partial charge on any atom is -0.379 e. The highest BCUT2D eigenvalue weighted by Gasteiger charge is 2.14. The Morgan fingerprint density at radius 3 is 3.06 bits per heavy atom. The number of nitrogens with zero attached hydrogens (tertiary/aromatic N) is 2. The third kappa shape index (κ3) is 3.82. The molecule has 0 aliphatic carbocycles. The lowest BCUT2D eigenvalue weighted by Gasteiger charge is -2.29. The number of ether oxygens (including phenoxy) is 1. The SMILES string of the molecule is CC(CNC(=O)c1cn[nH]c1)CN1CCOCC1. The Balaban J connectivity index is 1.68. The van der Waals surface area contributed by atoms with Crippen LogP contribution in [-0.2, 0) is 4.74 Å². The lowest BCUT2D eigenvalue weighted by atomic mass is 10.1. The fourth-order valence-electron chi connectivity index (χ4n) is 2.03. The molecule has 1 aromatic heterocycles. The van der Waals surface area contributed by atoms with Crippen molar-refractivity contribution in [1.82, 2.24) is 20.4 Å². The highest BCUT2D eigenvalue weighted by Crippen LogP contribution is 2.03. The average Bonchev–Trinajstić information content (AvgIpc) is 2.91. The summed E-state index contributed by atoms with van der Waals surface area (Å²) in [5, 5.41) is 9.30. The van der Waals surface area contributed by atoms with Crippen LogP contribution in [-0.4, -0.2) is 60.4 Å². The van der Waals surface area contributed by atoms with Crippen molar-refractivity contribution in [2.75, 3.05) is 39.4 Å². The van der Waals surface area contributed by atoms with Crippen molar-refractivity contribution in [2.45, 2.75) is 6.92 Å². The fourth-order valence-corrected chi connectivity index (χ4v) is 2.03. The predicted octanol–water partition coefficient (Wildman–Crippen LogP) is 0.108. The van der Waals surface area contributed by atoms with Crippen LogP contribution in [0.1, 0.15) is 17.3 Å². The van der Waals surface area contributed by atoms with Gasteiger partial charge in [0.2, 0.25) is 0 Å². The normalized spacial score (nSPS) is 18.5. The highest BCUT2D eigenvalue weighted by atomic mass is 16.5. The first-order chi connectivity index (χ1) is 8.75. The van der Waals surface area contributed by atoms with Crippen LogP contribution in [0.4, 0.5) is 0 Å². The zero-order valence-corrected chi connectivity index (χ0v) is 10.7. The number of aromatic amines is 1. The number of rotatable bonds is 5. The standard InChI is InChI=1S/C12H20N4O2/c1-10(9-16-2-4-18-5-3-16)6-13-12(17)11-7-14-15-8-11/h7-8,10H,2-6,9H2,1H3,(H,13,17)(H,14,15). The monoisotopic (exact) mass is 252 g/mol. The molecule has 6 nitrogen and oxygen atoms in total. The molecule has 0 aromatic carbocycles. The van der Waals surface area contributed by atoms with Crippen molar-refractivity contribution < 1.29 is 9.53 Å². The van der Waals surface area contributed by atoms with Gasteiger partial charge in [-0.2, -0.15) is 5.10 Å². The summed E-state index contributed by atoms with van der Waals surface area (Å²) in [6, 6.07) is 0. The van der Waals surface area contributed by atoms with E-state index in [9.17, 15) is 4.79 Å². The van der Waals surface area contributed by atoms with Gasteiger partial charge in [-0.15, -0.1) is 0 Å². The van der Waals surface area contributed by atoms with Crippen LogP contribution in [0.2, 0.25) is 0 Å². The molecule has 1 unspecified atom stereocenters. The Bertz CT molecular complexity index is 360. The molecule has 1 amide bonds. The maximum atomic E-state index is 11.7. The third-order valence-corrected chi connectivity index (χ3v) is 3.05. The van der Waals surface area contributed by atoms with Crippen molar-refractivity contribution >= 4 is 5.91 Å². The van der Waals surface area contributed by atoms with Gasteiger partial charge in [-0.05, 0) is 5.92 Å². The first-order valence-corrected chi connectivity index (χ1v) is 6.33. The van der Waals surface area contributed by atoms with Crippen molar-refractivity contribution in [3.8, 4) is 0 Å². The van der Waals surface area contributed by atoms with Crippen LogP contribution >= 0.6 is 0 Å². The number of carbonyl (C=O) groups is 1. The molecule has 2 rings (SSSR count). The maximum absolute atomic E-state index is 11.7. The summed E-state index contributed by atoms with van der Waals surface area (Å²) in [7, 11) is 0. The van der Waals surface area contributed by atoms with Crippen LogP contribution in [0.15, 0.2) is 12.4 Å². The van der Waals surface area contributed by atoms with E-state index in [-0.39, 0.29) is 5.91 Å². The molecule has 100 valence electrons. The molecule has 2 heterocycles. The van der Waals surface area contributed by atoms with Gasteiger partial charge in [-0.25, -0.2) is 0 Å². The van der Waals surface area contributed by atoms with Gasteiger partial charge in [-0.1, -0.05) is 6.92 Å². The Kier molecular flexibility index (Phi) is 4.72. The van der Waals surface area contributed by atoms with Gasteiger partial charge >= 0.3 is 0 Å². The topological polar surface area (TPSA) is 70.2 Å². The van der Waals surface area contributed by atoms with Crippen LogP contribution < -0.4 is 5.32 Å². The van der Waals surface area contributed by atoms with E-state index in [1.807, 2.05) is 0 Å². The smallest absolute Gasteiger partial charge is 0.254 e. The summed E-state index contributed by atoms with van der Waals surface area (Å²) >= 11 is 0. The predicted molar refractivity (Wildman–Crippen MR) is 67.3 cm³/mol. The zero-order chi connectivity index (χ0) is 12.8. The van der Waals surface area contributed by atoms with E-state index in [1.165, 1.54) is 6.20 Å². The molecule has 6 heteroatoms. The van der Waals surface area contributed by atoms with Crippen LogP contribution in [0, 0.1) is 5.92 Å². The van der Waals surface area contributed by atoms with Crippen molar-refractivity contribution in [3.63, 3.8) is 0 Å². The second-order valence-electron chi connectivity index (χ2n) is 4.72. The van der Waals surface area contributed by atoms with E-state index in [0.29, 0.717) is 18.0 Å². The molecule has 0 saturated carbocycles. The van der Waals surface area contributed by atoms with Crippen molar-refractivity contribution in [1.29, 1.82) is 0 Å². The number of carbonyl (C=O) groups excluding carboxylic acids is 1. The van der Waals surface area contributed by atoms with Gasteiger partial charge in [0.15, 0.2) is 0 Å². The van der Waals surface area contributed by atoms with Gasteiger partial charge in [0.05, 0.1) is 25.0 Å². The fraction of sp³-hybridized carbons (Fsp3) is 0.667. The molecule has 0 spiro atoms.